The van der Waals surface area contributed by atoms with Crippen molar-refractivity contribution in [3.8, 4) is 0 Å². The molecule has 24 heavy (non-hydrogen) atoms. The zero-order valence-electron chi connectivity index (χ0n) is 16.2. The summed E-state index contributed by atoms with van der Waals surface area (Å²) < 4.78 is 0. The van der Waals surface area contributed by atoms with Crippen molar-refractivity contribution >= 4 is 17.8 Å². The molecule has 3 aliphatic rings. The first-order valence-electron chi connectivity index (χ1n) is 11.3. The van der Waals surface area contributed by atoms with Gasteiger partial charge in [0.1, 0.15) is 0 Å². The van der Waals surface area contributed by atoms with E-state index in [1.165, 1.54) is 98.5 Å². The molecule has 3 saturated carbocycles. The van der Waals surface area contributed by atoms with E-state index in [0.29, 0.717) is 4.90 Å². The Morgan fingerprint density at radius 1 is 0.792 bits per heavy atom. The molecule has 3 rings (SSSR count). The molecule has 3 fully saturated rings. The lowest BCUT2D eigenvalue weighted by molar-refractivity contribution is 0.175. The summed E-state index contributed by atoms with van der Waals surface area (Å²) >= 11 is 0. The maximum Gasteiger partial charge on any atom is 0.00823 e. The van der Waals surface area contributed by atoms with Crippen molar-refractivity contribution in [3.05, 3.63) is 0 Å². The molecule has 2 heteroatoms. The van der Waals surface area contributed by atoms with Gasteiger partial charge in [0.2, 0.25) is 0 Å². The zero-order valence-corrected chi connectivity index (χ0v) is 18.4. The Hall–Kier alpha value is 0.860. The lowest BCUT2D eigenvalue weighted by Crippen LogP contribution is -2.42. The first-order chi connectivity index (χ1) is 11.7. The van der Waals surface area contributed by atoms with Gasteiger partial charge in [-0.25, -0.2) is 0 Å². The Kier molecular flexibility index (Phi) is 7.93. The first-order valence-corrected chi connectivity index (χ1v) is 13.0. The van der Waals surface area contributed by atoms with Crippen molar-refractivity contribution < 1.29 is 0 Å². The molecule has 0 nitrogen and oxygen atoms in total. The molecule has 3 aliphatic carbocycles. The molecule has 0 radical (unpaired) electrons. The Morgan fingerprint density at radius 2 is 1.29 bits per heavy atom. The fraction of sp³-hybridized carbons (Fsp3) is 1.00. The van der Waals surface area contributed by atoms with E-state index in [2.05, 4.69) is 16.2 Å². The highest BCUT2D eigenvalue weighted by atomic mass is 31.1. The third kappa shape index (κ3) is 4.77. The summed E-state index contributed by atoms with van der Waals surface area (Å²) in [5, 5.41) is 0. The maximum absolute atomic E-state index is 3.58. The smallest absolute Gasteiger partial charge is 0.00823 e. The third-order valence-electron chi connectivity index (χ3n) is 7.61. The van der Waals surface area contributed by atoms with Crippen LogP contribution in [0.4, 0.5) is 0 Å². The molecule has 0 saturated heterocycles. The predicted octanol–water partition coefficient (Wildman–Crippen LogP) is 7.76. The molecule has 0 aromatic heterocycles. The summed E-state index contributed by atoms with van der Waals surface area (Å²) in [4.78, 5) is 0.596. The van der Waals surface area contributed by atoms with E-state index in [1.54, 1.807) is 12.8 Å². The Morgan fingerprint density at radius 3 is 1.83 bits per heavy atom. The SMILES string of the molecule is CCC(C1CCCCC1)C(P)(PC1CCCCC1)C1CCCCC1. The van der Waals surface area contributed by atoms with Gasteiger partial charge in [0, 0.05) is 4.90 Å². The minimum atomic E-state index is 0.596. The number of hydrogen-bond acceptors (Lipinski definition) is 0. The molecule has 0 aliphatic heterocycles. The fourth-order valence-corrected chi connectivity index (χ4v) is 10.4. The quantitative estimate of drug-likeness (QED) is 0.420. The van der Waals surface area contributed by atoms with Crippen LogP contribution in [0.25, 0.3) is 0 Å². The van der Waals surface area contributed by atoms with Crippen LogP contribution in [0.2, 0.25) is 0 Å². The molecule has 140 valence electrons. The molecule has 0 spiro atoms. The number of rotatable bonds is 6. The van der Waals surface area contributed by atoms with E-state index in [0.717, 1.165) is 23.4 Å². The van der Waals surface area contributed by atoms with Gasteiger partial charge < -0.3 is 0 Å². The summed E-state index contributed by atoms with van der Waals surface area (Å²) in [6.45, 7) is 2.52. The van der Waals surface area contributed by atoms with Crippen molar-refractivity contribution in [3.63, 3.8) is 0 Å². The Labute approximate surface area is 156 Å². The molecule has 0 N–H and O–H groups in total. The predicted molar refractivity (Wildman–Crippen MR) is 115 cm³/mol. The van der Waals surface area contributed by atoms with Gasteiger partial charge in [0.15, 0.2) is 0 Å². The minimum absolute atomic E-state index is 0.596. The van der Waals surface area contributed by atoms with Crippen molar-refractivity contribution in [1.82, 2.24) is 0 Å². The van der Waals surface area contributed by atoms with E-state index in [4.69, 9.17) is 0 Å². The van der Waals surface area contributed by atoms with E-state index in [1.807, 2.05) is 0 Å². The van der Waals surface area contributed by atoms with Gasteiger partial charge in [-0.3, -0.25) is 0 Å². The average Bonchev–Trinajstić information content (AvgIpc) is 2.65. The summed E-state index contributed by atoms with van der Waals surface area (Å²) in [6.07, 6.45) is 24.3. The molecule has 4 atom stereocenters. The average molecular weight is 369 g/mol. The monoisotopic (exact) mass is 368 g/mol. The van der Waals surface area contributed by atoms with Crippen molar-refractivity contribution in [2.24, 2.45) is 17.8 Å². The lowest BCUT2D eigenvalue weighted by Gasteiger charge is -2.51. The molecular weight excluding hydrogens is 326 g/mol. The molecule has 0 heterocycles. The van der Waals surface area contributed by atoms with E-state index >= 15 is 0 Å². The van der Waals surface area contributed by atoms with Gasteiger partial charge in [0.25, 0.3) is 0 Å². The van der Waals surface area contributed by atoms with E-state index in [-0.39, 0.29) is 0 Å². The second-order valence-electron chi connectivity index (χ2n) is 9.16. The van der Waals surface area contributed by atoms with Gasteiger partial charge in [-0.05, 0) is 49.1 Å². The molecule has 4 unspecified atom stereocenters. The Balaban J connectivity index is 1.77. The summed E-state index contributed by atoms with van der Waals surface area (Å²) in [6, 6.07) is 0. The van der Waals surface area contributed by atoms with Crippen molar-refractivity contribution in [2.75, 3.05) is 0 Å². The highest BCUT2D eigenvalue weighted by molar-refractivity contribution is 7.52. The number of hydrogen-bond donors (Lipinski definition) is 0. The van der Waals surface area contributed by atoms with Crippen LogP contribution in [0, 0.1) is 17.8 Å². The maximum atomic E-state index is 3.58. The van der Waals surface area contributed by atoms with Gasteiger partial charge in [-0.2, -0.15) is 0 Å². The first kappa shape index (κ1) is 19.6. The fourth-order valence-electron chi connectivity index (χ4n) is 6.31. The van der Waals surface area contributed by atoms with Crippen LogP contribution >= 0.6 is 17.8 Å². The van der Waals surface area contributed by atoms with Crippen LogP contribution in [0.3, 0.4) is 0 Å². The molecule has 0 aromatic rings. The second kappa shape index (κ2) is 9.70. The third-order valence-corrected chi connectivity index (χ3v) is 11.3. The van der Waals surface area contributed by atoms with Gasteiger partial charge in [-0.15, -0.1) is 17.8 Å². The molecular formula is C22H42P2. The standard InChI is InChI=1S/C22H42P2/c1-2-21(18-12-6-3-7-13-18)22(23,19-14-8-4-9-15-19)24-20-16-10-5-11-17-20/h18-21,24H,2-17,23H2,1H3. The molecule has 0 aromatic carbocycles. The van der Waals surface area contributed by atoms with E-state index in [9.17, 15) is 0 Å². The van der Waals surface area contributed by atoms with Crippen LogP contribution in [-0.2, 0) is 0 Å². The zero-order chi connectivity index (χ0) is 16.8. The largest absolute Gasteiger partial charge is 0.126 e. The molecule has 0 amide bonds. The Bertz CT molecular complexity index is 351. The molecule has 0 bridgehead atoms. The van der Waals surface area contributed by atoms with Crippen LogP contribution in [-0.4, -0.2) is 10.6 Å². The summed E-state index contributed by atoms with van der Waals surface area (Å²) in [7, 11) is 4.81. The minimum Gasteiger partial charge on any atom is -0.126 e. The van der Waals surface area contributed by atoms with Gasteiger partial charge in [0.05, 0.1) is 0 Å². The lowest BCUT2D eigenvalue weighted by atomic mass is 9.71. The van der Waals surface area contributed by atoms with Gasteiger partial charge >= 0.3 is 0 Å². The van der Waals surface area contributed by atoms with Crippen LogP contribution in [0.5, 0.6) is 0 Å². The van der Waals surface area contributed by atoms with Crippen molar-refractivity contribution in [1.29, 1.82) is 0 Å². The highest BCUT2D eigenvalue weighted by Crippen LogP contribution is 2.61. The summed E-state index contributed by atoms with van der Waals surface area (Å²) in [5.41, 5.74) is 1.07. The van der Waals surface area contributed by atoms with Crippen molar-refractivity contribution in [2.45, 2.75) is 120 Å². The highest BCUT2D eigenvalue weighted by Gasteiger charge is 2.45. The van der Waals surface area contributed by atoms with E-state index < -0.39 is 0 Å². The van der Waals surface area contributed by atoms with Crippen LogP contribution < -0.4 is 0 Å². The van der Waals surface area contributed by atoms with Crippen LogP contribution in [0.1, 0.15) is 110 Å². The topological polar surface area (TPSA) is 0 Å². The van der Waals surface area contributed by atoms with Crippen LogP contribution in [0.15, 0.2) is 0 Å². The van der Waals surface area contributed by atoms with Gasteiger partial charge in [-0.1, -0.05) is 84.0 Å². The second-order valence-corrected chi connectivity index (χ2v) is 12.7. The summed E-state index contributed by atoms with van der Waals surface area (Å²) in [5.74, 6) is 3.05. The normalized spacial score (nSPS) is 29.8.